The number of hydrogen-bond acceptors (Lipinski definition) is 8. The minimum absolute atomic E-state index is 0.0628. The number of carbonyl (C=O) groups excluding carboxylic acids is 3. The van der Waals surface area contributed by atoms with Crippen LogP contribution >= 0.6 is 0 Å². The van der Waals surface area contributed by atoms with Crippen molar-refractivity contribution >= 4 is 34.3 Å². The lowest BCUT2D eigenvalue weighted by Gasteiger charge is -2.18. The van der Waals surface area contributed by atoms with Gasteiger partial charge in [-0.3, -0.25) is 14.4 Å². The Bertz CT molecular complexity index is 1610. The molecule has 0 bridgehead atoms. The predicted molar refractivity (Wildman–Crippen MR) is 135 cm³/mol. The number of anilines is 1. The molecular formula is C27H20N6O4. The van der Waals surface area contributed by atoms with E-state index in [0.29, 0.717) is 39.3 Å². The zero-order chi connectivity index (χ0) is 25.7. The fraction of sp³-hybridized carbons (Fsp3) is 0.111. The van der Waals surface area contributed by atoms with E-state index in [-0.39, 0.29) is 30.5 Å². The Kier molecular flexibility index (Phi) is 5.15. The normalized spacial score (nSPS) is 15.5. The smallest absolute Gasteiger partial charge is 0.246 e. The van der Waals surface area contributed by atoms with Crippen LogP contribution in [0.2, 0.25) is 0 Å². The number of Topliss-reactive ketones (excluding diaryl/α,β-unsaturated/α-hetero) is 2. The maximum absolute atomic E-state index is 13.4. The predicted octanol–water partition coefficient (Wildman–Crippen LogP) is 2.89. The van der Waals surface area contributed by atoms with Gasteiger partial charge >= 0.3 is 0 Å². The van der Waals surface area contributed by atoms with Gasteiger partial charge in [0.05, 0.1) is 18.5 Å². The molecule has 0 unspecified atom stereocenters. The Morgan fingerprint density at radius 1 is 0.973 bits per heavy atom. The largest absolute Gasteiger partial charge is 0.457 e. The van der Waals surface area contributed by atoms with Crippen molar-refractivity contribution in [1.82, 2.24) is 24.6 Å². The molecule has 182 valence electrons. The Morgan fingerprint density at radius 2 is 1.62 bits per heavy atom. The van der Waals surface area contributed by atoms with Gasteiger partial charge in [0.25, 0.3) is 0 Å². The highest BCUT2D eigenvalue weighted by Crippen LogP contribution is 2.38. The van der Waals surface area contributed by atoms with Crippen LogP contribution in [0.4, 0.5) is 5.82 Å². The van der Waals surface area contributed by atoms with Crippen LogP contribution in [0.15, 0.2) is 84.7 Å². The summed E-state index contributed by atoms with van der Waals surface area (Å²) in [5.74, 6) is 0.367. The van der Waals surface area contributed by atoms with Gasteiger partial charge in [-0.15, -0.1) is 0 Å². The molecule has 2 N–H and O–H groups in total. The summed E-state index contributed by atoms with van der Waals surface area (Å²) in [6, 6.07) is 15.4. The first-order chi connectivity index (χ1) is 18.0. The molecule has 0 saturated heterocycles. The average molecular weight is 492 g/mol. The maximum Gasteiger partial charge on any atom is 0.246 e. The van der Waals surface area contributed by atoms with Gasteiger partial charge in [-0.25, -0.2) is 14.6 Å². The molecule has 4 aromatic rings. The van der Waals surface area contributed by atoms with E-state index in [1.165, 1.54) is 15.9 Å². The fourth-order valence-electron chi connectivity index (χ4n) is 4.72. The minimum atomic E-state index is -1.21. The SMILES string of the molecule is C=CC(=O)N1CC2=C(C1)C(=O)C(n1nc(-c3ccc(Oc4ccccc4)cc3)c3c(N)ncnc31)C2=O. The Balaban J connectivity index is 1.36. The second-order valence-electron chi connectivity index (χ2n) is 8.68. The van der Waals surface area contributed by atoms with Crippen LogP contribution in [0.25, 0.3) is 22.3 Å². The van der Waals surface area contributed by atoms with Crippen molar-refractivity contribution in [2.45, 2.75) is 6.04 Å². The van der Waals surface area contributed by atoms with Crippen LogP contribution in [0.1, 0.15) is 6.04 Å². The van der Waals surface area contributed by atoms with E-state index in [0.717, 1.165) is 6.08 Å². The molecule has 6 rings (SSSR count). The summed E-state index contributed by atoms with van der Waals surface area (Å²) in [5.41, 5.74) is 8.25. The van der Waals surface area contributed by atoms with E-state index in [2.05, 4.69) is 21.6 Å². The summed E-state index contributed by atoms with van der Waals surface area (Å²) in [6.07, 6.45) is 2.43. The van der Waals surface area contributed by atoms with Gasteiger partial charge in [0.1, 0.15) is 29.3 Å². The molecule has 0 atom stereocenters. The van der Waals surface area contributed by atoms with Gasteiger partial charge in [-0.1, -0.05) is 24.8 Å². The van der Waals surface area contributed by atoms with Gasteiger partial charge in [0.2, 0.25) is 5.91 Å². The van der Waals surface area contributed by atoms with Gasteiger partial charge < -0.3 is 15.4 Å². The third-order valence-electron chi connectivity index (χ3n) is 6.51. The Hall–Kier alpha value is -5.12. The van der Waals surface area contributed by atoms with Crippen molar-refractivity contribution in [3.63, 3.8) is 0 Å². The minimum Gasteiger partial charge on any atom is -0.457 e. The molecule has 1 aliphatic heterocycles. The summed E-state index contributed by atoms with van der Waals surface area (Å²) in [7, 11) is 0. The standard InChI is InChI=1S/C27H20N6O4/c1-2-20(34)32-12-18-19(13-32)25(36)23(24(18)35)33-27-21(26(28)29-14-30-27)22(31-33)15-8-10-17(11-9-15)37-16-6-4-3-5-7-16/h2-11,14,23H,1,12-13H2,(H2,28,29,30). The number of fused-ring (bicyclic) bond motifs is 1. The molecule has 3 heterocycles. The fourth-order valence-corrected chi connectivity index (χ4v) is 4.72. The molecular weight excluding hydrogens is 472 g/mol. The molecule has 10 nitrogen and oxygen atoms in total. The summed E-state index contributed by atoms with van der Waals surface area (Å²) in [4.78, 5) is 48.5. The highest BCUT2D eigenvalue weighted by atomic mass is 16.5. The number of aromatic nitrogens is 4. The molecule has 2 aliphatic rings. The molecule has 37 heavy (non-hydrogen) atoms. The number of nitrogens with zero attached hydrogens (tertiary/aromatic N) is 5. The Morgan fingerprint density at radius 3 is 2.27 bits per heavy atom. The molecule has 0 saturated carbocycles. The number of para-hydroxylation sites is 1. The summed E-state index contributed by atoms with van der Waals surface area (Å²) >= 11 is 0. The van der Waals surface area contributed by atoms with Gasteiger partial charge in [0, 0.05) is 16.7 Å². The third kappa shape index (κ3) is 3.57. The molecule has 1 amide bonds. The summed E-state index contributed by atoms with van der Waals surface area (Å²) in [6.45, 7) is 3.60. The first kappa shape index (κ1) is 22.4. The molecule has 2 aromatic heterocycles. The maximum atomic E-state index is 13.4. The molecule has 10 heteroatoms. The highest BCUT2D eigenvalue weighted by Gasteiger charge is 2.47. The van der Waals surface area contributed by atoms with Crippen LogP contribution in [-0.2, 0) is 14.4 Å². The molecule has 0 radical (unpaired) electrons. The number of ether oxygens (including phenoxy) is 1. The van der Waals surface area contributed by atoms with Gasteiger partial charge in [0.15, 0.2) is 23.3 Å². The van der Waals surface area contributed by atoms with E-state index in [1.54, 1.807) is 12.1 Å². The zero-order valence-electron chi connectivity index (χ0n) is 19.5. The summed E-state index contributed by atoms with van der Waals surface area (Å²) in [5, 5.41) is 5.08. The number of carbonyl (C=O) groups is 3. The number of rotatable bonds is 5. The van der Waals surface area contributed by atoms with Crippen LogP contribution in [0.5, 0.6) is 11.5 Å². The monoisotopic (exact) mass is 492 g/mol. The molecule has 0 fully saturated rings. The number of hydrogen-bond donors (Lipinski definition) is 1. The molecule has 0 spiro atoms. The lowest BCUT2D eigenvalue weighted by atomic mass is 10.1. The van der Waals surface area contributed by atoms with Crippen LogP contribution in [0.3, 0.4) is 0 Å². The second-order valence-corrected chi connectivity index (χ2v) is 8.68. The van der Waals surface area contributed by atoms with E-state index in [9.17, 15) is 14.4 Å². The van der Waals surface area contributed by atoms with E-state index in [1.807, 2.05) is 42.5 Å². The van der Waals surface area contributed by atoms with E-state index < -0.39 is 17.6 Å². The van der Waals surface area contributed by atoms with Crippen molar-refractivity contribution in [2.75, 3.05) is 18.8 Å². The summed E-state index contributed by atoms with van der Waals surface area (Å²) < 4.78 is 7.19. The zero-order valence-corrected chi connectivity index (χ0v) is 19.5. The Labute approximate surface area is 210 Å². The van der Waals surface area contributed by atoms with Crippen molar-refractivity contribution in [2.24, 2.45) is 0 Å². The average Bonchev–Trinajstić information content (AvgIpc) is 3.58. The van der Waals surface area contributed by atoms with E-state index in [4.69, 9.17) is 10.5 Å². The van der Waals surface area contributed by atoms with Gasteiger partial charge in [-0.05, 0) is 42.5 Å². The number of likely N-dealkylation sites (tertiary alicyclic amines) is 1. The molecule has 1 aliphatic carbocycles. The van der Waals surface area contributed by atoms with Crippen molar-refractivity contribution in [1.29, 1.82) is 0 Å². The topological polar surface area (TPSA) is 133 Å². The van der Waals surface area contributed by atoms with Crippen LogP contribution in [-0.4, -0.2) is 55.2 Å². The lowest BCUT2D eigenvalue weighted by molar-refractivity contribution is -0.127. The number of nitrogens with two attached hydrogens (primary N) is 1. The lowest BCUT2D eigenvalue weighted by Crippen LogP contribution is -2.34. The number of ketones is 2. The van der Waals surface area contributed by atoms with Crippen molar-refractivity contribution in [3.05, 3.63) is 84.7 Å². The van der Waals surface area contributed by atoms with Crippen molar-refractivity contribution in [3.8, 4) is 22.8 Å². The second kappa shape index (κ2) is 8.52. The highest BCUT2D eigenvalue weighted by molar-refractivity contribution is 6.27. The van der Waals surface area contributed by atoms with E-state index >= 15 is 0 Å². The number of nitrogen functional groups attached to an aromatic ring is 1. The van der Waals surface area contributed by atoms with Crippen molar-refractivity contribution < 1.29 is 19.1 Å². The first-order valence-corrected chi connectivity index (χ1v) is 11.5. The first-order valence-electron chi connectivity index (χ1n) is 11.5. The number of benzene rings is 2. The number of amides is 1. The quantitative estimate of drug-likeness (QED) is 0.332. The van der Waals surface area contributed by atoms with Crippen LogP contribution < -0.4 is 10.5 Å². The third-order valence-corrected chi connectivity index (χ3v) is 6.51. The van der Waals surface area contributed by atoms with Crippen LogP contribution in [0, 0.1) is 0 Å². The molecule has 2 aromatic carbocycles. The van der Waals surface area contributed by atoms with Gasteiger partial charge in [-0.2, -0.15) is 5.10 Å².